The lowest BCUT2D eigenvalue weighted by atomic mass is 10.5. The van der Waals surface area contributed by atoms with Gasteiger partial charge in [-0.1, -0.05) is 29.9 Å². The fraction of sp³-hybridized carbons (Fsp3) is 0.273. The largest absolute Gasteiger partial charge is 0.287 e. The first-order chi connectivity index (χ1) is 8.13. The van der Waals surface area contributed by atoms with Crippen molar-refractivity contribution in [2.45, 2.75) is 18.6 Å². The van der Waals surface area contributed by atoms with Crippen LogP contribution in [-0.2, 0) is 6.54 Å². The van der Waals surface area contributed by atoms with Gasteiger partial charge in [0, 0.05) is 17.3 Å². The molecule has 3 nitrogen and oxygen atoms in total. The Morgan fingerprint density at radius 3 is 3.12 bits per heavy atom. The van der Waals surface area contributed by atoms with E-state index in [9.17, 15) is 4.79 Å². The average molecular weight is 287 g/mol. The minimum atomic E-state index is 0.0233. The van der Waals surface area contributed by atoms with Crippen molar-refractivity contribution in [3.63, 3.8) is 0 Å². The third kappa shape index (κ3) is 2.56. The van der Waals surface area contributed by atoms with E-state index in [1.807, 2.05) is 18.4 Å². The zero-order chi connectivity index (χ0) is 12.4. The summed E-state index contributed by atoms with van der Waals surface area (Å²) in [7, 11) is 0. The zero-order valence-corrected chi connectivity index (χ0v) is 11.7. The number of aromatic nitrogens is 2. The number of hydrogen-bond acceptors (Lipinski definition) is 4. The molecule has 0 atom stereocenters. The van der Waals surface area contributed by atoms with Crippen LogP contribution in [0.15, 0.2) is 33.0 Å². The normalized spacial score (nSPS) is 10.9. The van der Waals surface area contributed by atoms with Crippen LogP contribution in [0.1, 0.15) is 6.92 Å². The number of fused-ring (bicyclic) bond motifs is 1. The summed E-state index contributed by atoms with van der Waals surface area (Å²) >= 11 is 8.60. The molecule has 0 unspecified atom stereocenters. The van der Waals surface area contributed by atoms with Crippen molar-refractivity contribution in [1.29, 1.82) is 0 Å². The Bertz CT molecular complexity index is 617. The van der Waals surface area contributed by atoms with Gasteiger partial charge in [-0.3, -0.25) is 9.36 Å². The molecule has 2 aromatic rings. The summed E-state index contributed by atoms with van der Waals surface area (Å²) in [6.45, 7) is 6.17. The van der Waals surface area contributed by atoms with Crippen LogP contribution >= 0.6 is 34.7 Å². The molecule has 0 aliphatic carbocycles. The molecule has 0 aliphatic heterocycles. The summed E-state index contributed by atoms with van der Waals surface area (Å²) in [5, 5.41) is 3.14. The number of thioether (sulfide) groups is 1. The smallest absolute Gasteiger partial charge is 0.272 e. The van der Waals surface area contributed by atoms with Gasteiger partial charge in [0.15, 0.2) is 5.16 Å². The minimum Gasteiger partial charge on any atom is -0.287 e. The van der Waals surface area contributed by atoms with E-state index in [4.69, 9.17) is 11.6 Å². The lowest BCUT2D eigenvalue weighted by Gasteiger charge is -2.08. The molecule has 0 bridgehead atoms. The lowest BCUT2D eigenvalue weighted by molar-refractivity contribution is 0.636. The van der Waals surface area contributed by atoms with Crippen LogP contribution in [0.5, 0.6) is 0 Å². The Morgan fingerprint density at radius 1 is 1.71 bits per heavy atom. The molecule has 0 saturated heterocycles. The molecule has 90 valence electrons. The van der Waals surface area contributed by atoms with Crippen molar-refractivity contribution in [1.82, 2.24) is 9.55 Å². The van der Waals surface area contributed by atoms with Crippen molar-refractivity contribution < 1.29 is 0 Å². The van der Waals surface area contributed by atoms with Crippen molar-refractivity contribution in [2.24, 2.45) is 0 Å². The van der Waals surface area contributed by atoms with Crippen LogP contribution in [0.4, 0.5) is 0 Å². The van der Waals surface area contributed by atoms with E-state index in [0.29, 0.717) is 27.2 Å². The Kier molecular flexibility index (Phi) is 3.91. The molecule has 0 aliphatic rings. The van der Waals surface area contributed by atoms with Gasteiger partial charge in [-0.15, -0.1) is 11.3 Å². The van der Waals surface area contributed by atoms with Crippen LogP contribution in [-0.4, -0.2) is 15.3 Å². The molecule has 0 saturated carbocycles. The zero-order valence-electron chi connectivity index (χ0n) is 9.27. The lowest BCUT2D eigenvalue weighted by Crippen LogP contribution is -2.21. The first kappa shape index (κ1) is 12.7. The fourth-order valence-corrected chi connectivity index (χ4v) is 3.21. The molecular formula is C11H11ClN2OS2. The minimum absolute atomic E-state index is 0.0233. The van der Waals surface area contributed by atoms with E-state index in [0.717, 1.165) is 5.52 Å². The van der Waals surface area contributed by atoms with Gasteiger partial charge >= 0.3 is 0 Å². The van der Waals surface area contributed by atoms with Crippen molar-refractivity contribution in [3.05, 3.63) is 33.4 Å². The Morgan fingerprint density at radius 2 is 2.47 bits per heavy atom. The fourth-order valence-electron chi connectivity index (χ4n) is 1.46. The monoisotopic (exact) mass is 286 g/mol. The molecule has 2 rings (SSSR count). The summed E-state index contributed by atoms with van der Waals surface area (Å²) in [4.78, 5) is 16.6. The van der Waals surface area contributed by atoms with Gasteiger partial charge in [0.1, 0.15) is 4.70 Å². The average Bonchev–Trinajstić information content (AvgIpc) is 2.74. The summed E-state index contributed by atoms with van der Waals surface area (Å²) in [5.41, 5.74) is 0.780. The SMILES string of the molecule is C=C(Cl)CSc1nc2ccsc2c(=O)n1CC. The van der Waals surface area contributed by atoms with Gasteiger partial charge in [0.05, 0.1) is 5.52 Å². The molecule has 0 N–H and O–H groups in total. The first-order valence-electron chi connectivity index (χ1n) is 5.07. The molecule has 0 fully saturated rings. The number of hydrogen-bond donors (Lipinski definition) is 0. The molecule has 0 spiro atoms. The van der Waals surface area contributed by atoms with E-state index < -0.39 is 0 Å². The van der Waals surface area contributed by atoms with Crippen LogP contribution < -0.4 is 5.56 Å². The van der Waals surface area contributed by atoms with E-state index in [-0.39, 0.29) is 5.56 Å². The van der Waals surface area contributed by atoms with E-state index >= 15 is 0 Å². The maximum absolute atomic E-state index is 12.2. The highest BCUT2D eigenvalue weighted by atomic mass is 35.5. The number of rotatable bonds is 4. The van der Waals surface area contributed by atoms with Gasteiger partial charge in [-0.2, -0.15) is 0 Å². The van der Waals surface area contributed by atoms with E-state index in [2.05, 4.69) is 11.6 Å². The summed E-state index contributed by atoms with van der Waals surface area (Å²) in [6, 6.07) is 1.86. The standard InChI is InChI=1S/C11H11ClN2OS2/c1-3-14-10(15)9-8(4-5-16-9)13-11(14)17-6-7(2)12/h4-5H,2-3,6H2,1H3. The van der Waals surface area contributed by atoms with Gasteiger partial charge in [-0.05, 0) is 18.4 Å². The number of nitrogens with zero attached hydrogens (tertiary/aromatic N) is 2. The highest BCUT2D eigenvalue weighted by Gasteiger charge is 2.11. The highest BCUT2D eigenvalue weighted by molar-refractivity contribution is 7.99. The molecular weight excluding hydrogens is 276 g/mol. The second-order valence-electron chi connectivity index (χ2n) is 3.38. The Balaban J connectivity index is 2.52. The highest BCUT2D eigenvalue weighted by Crippen LogP contribution is 2.22. The Hall–Kier alpha value is -0.780. The van der Waals surface area contributed by atoms with Gasteiger partial charge in [0.2, 0.25) is 0 Å². The molecule has 2 heterocycles. The Labute approximate surface area is 112 Å². The van der Waals surface area contributed by atoms with Gasteiger partial charge in [-0.25, -0.2) is 4.98 Å². The molecule has 6 heteroatoms. The van der Waals surface area contributed by atoms with Crippen molar-refractivity contribution >= 4 is 44.9 Å². The van der Waals surface area contributed by atoms with Crippen LogP contribution in [0, 0.1) is 0 Å². The van der Waals surface area contributed by atoms with Gasteiger partial charge in [0.25, 0.3) is 5.56 Å². The first-order valence-corrected chi connectivity index (χ1v) is 7.32. The maximum Gasteiger partial charge on any atom is 0.272 e. The van der Waals surface area contributed by atoms with Crippen LogP contribution in [0.2, 0.25) is 0 Å². The summed E-state index contributed by atoms with van der Waals surface area (Å²) < 4.78 is 2.38. The molecule has 0 radical (unpaired) electrons. The topological polar surface area (TPSA) is 34.9 Å². The van der Waals surface area contributed by atoms with E-state index in [1.54, 1.807) is 4.57 Å². The van der Waals surface area contributed by atoms with Crippen molar-refractivity contribution in [2.75, 3.05) is 5.75 Å². The van der Waals surface area contributed by atoms with E-state index in [1.165, 1.54) is 23.1 Å². The predicted molar refractivity (Wildman–Crippen MR) is 75.3 cm³/mol. The molecule has 0 amide bonds. The second-order valence-corrected chi connectivity index (χ2v) is 5.78. The molecule has 2 aromatic heterocycles. The maximum atomic E-state index is 12.2. The number of thiophene rings is 1. The summed E-state index contributed by atoms with van der Waals surface area (Å²) in [5.74, 6) is 0.559. The van der Waals surface area contributed by atoms with Crippen LogP contribution in [0.3, 0.4) is 0 Å². The number of halogens is 1. The van der Waals surface area contributed by atoms with Crippen LogP contribution in [0.25, 0.3) is 10.2 Å². The second kappa shape index (κ2) is 5.25. The third-order valence-electron chi connectivity index (χ3n) is 2.20. The predicted octanol–water partition coefficient (Wildman–Crippen LogP) is 3.32. The molecule has 17 heavy (non-hydrogen) atoms. The van der Waals surface area contributed by atoms with Gasteiger partial charge < -0.3 is 0 Å². The quantitative estimate of drug-likeness (QED) is 0.639. The summed E-state index contributed by atoms with van der Waals surface area (Å²) in [6.07, 6.45) is 0. The third-order valence-corrected chi connectivity index (χ3v) is 4.45. The van der Waals surface area contributed by atoms with Crippen molar-refractivity contribution in [3.8, 4) is 0 Å². The molecule has 0 aromatic carbocycles.